The van der Waals surface area contributed by atoms with Gasteiger partial charge in [0.2, 0.25) is 0 Å². The summed E-state index contributed by atoms with van der Waals surface area (Å²) in [4.78, 5) is 37.2. The molecule has 1 aromatic heterocycles. The number of carbonyl (C=O) groups is 2. The molecule has 0 aliphatic heterocycles. The summed E-state index contributed by atoms with van der Waals surface area (Å²) in [6.07, 6.45) is 3.24. The summed E-state index contributed by atoms with van der Waals surface area (Å²) in [5.74, 6) is 0. The number of carboxylic acid groups (broad SMARTS) is 1. The van der Waals surface area contributed by atoms with Crippen LogP contribution in [0.3, 0.4) is 0 Å². The predicted octanol–water partition coefficient (Wildman–Crippen LogP) is 4.61. The number of imidazole rings is 1. The van der Waals surface area contributed by atoms with Crippen molar-refractivity contribution in [1.29, 1.82) is 0 Å². The van der Waals surface area contributed by atoms with Crippen LogP contribution >= 0.6 is 0 Å². The summed E-state index contributed by atoms with van der Waals surface area (Å²) in [7, 11) is 0. The van der Waals surface area contributed by atoms with Crippen molar-refractivity contribution in [3.05, 3.63) is 94.4 Å². The molecule has 154 valence electrons. The molecule has 1 heterocycles. The van der Waals surface area contributed by atoms with Gasteiger partial charge in [-0.1, -0.05) is 54.6 Å². The van der Waals surface area contributed by atoms with Crippen molar-refractivity contribution in [2.24, 2.45) is 0 Å². The number of allylic oxidation sites excluding steroid dienone is 1. The predicted molar refractivity (Wildman–Crippen MR) is 121 cm³/mol. The van der Waals surface area contributed by atoms with Crippen molar-refractivity contribution in [3.63, 3.8) is 0 Å². The van der Waals surface area contributed by atoms with E-state index in [1.165, 1.54) is 0 Å². The van der Waals surface area contributed by atoms with E-state index in [0.717, 1.165) is 23.0 Å². The second kappa shape index (κ2) is 8.54. The van der Waals surface area contributed by atoms with Crippen LogP contribution in [0.1, 0.15) is 15.9 Å². The number of fused-ring (bicyclic) bond motifs is 1. The number of nitrogens with zero attached hydrogens (tertiary/aromatic N) is 1. The smallest absolute Gasteiger partial charge is 0.409 e. The molecule has 0 spiro atoms. The highest BCUT2D eigenvalue weighted by atomic mass is 16.4. The zero-order valence-corrected chi connectivity index (χ0v) is 16.4. The normalized spacial score (nSPS) is 11.1. The van der Waals surface area contributed by atoms with Gasteiger partial charge in [-0.05, 0) is 35.4 Å². The topological polar surface area (TPSA) is 104 Å². The van der Waals surface area contributed by atoms with Crippen molar-refractivity contribution in [2.75, 3.05) is 5.32 Å². The van der Waals surface area contributed by atoms with Gasteiger partial charge in [0, 0.05) is 17.7 Å². The Hall–Kier alpha value is -4.39. The number of hydrogen-bond acceptors (Lipinski definition) is 3. The number of aldehydes is 1. The number of aromatic nitrogens is 2. The number of carbonyl (C=O) groups excluding carboxylic acids is 1. The van der Waals surface area contributed by atoms with Crippen LogP contribution in [-0.2, 0) is 6.54 Å². The summed E-state index contributed by atoms with van der Waals surface area (Å²) < 4.78 is 1.56. The molecule has 0 atom stereocenters. The van der Waals surface area contributed by atoms with Gasteiger partial charge >= 0.3 is 11.8 Å². The second-order valence-corrected chi connectivity index (χ2v) is 6.94. The van der Waals surface area contributed by atoms with E-state index < -0.39 is 6.09 Å². The quantitative estimate of drug-likeness (QED) is 0.402. The number of amides is 1. The molecule has 0 saturated heterocycles. The van der Waals surface area contributed by atoms with E-state index in [2.05, 4.69) is 10.3 Å². The van der Waals surface area contributed by atoms with Gasteiger partial charge in [-0.15, -0.1) is 0 Å². The lowest BCUT2D eigenvalue weighted by Crippen LogP contribution is -2.15. The lowest BCUT2D eigenvalue weighted by Gasteiger charge is -2.10. The Kier molecular flexibility index (Phi) is 5.49. The molecule has 0 fully saturated rings. The number of H-pyrrole nitrogens is 1. The number of aromatic amines is 1. The summed E-state index contributed by atoms with van der Waals surface area (Å²) >= 11 is 0. The fourth-order valence-electron chi connectivity index (χ4n) is 3.48. The SMILES string of the molecule is O=Cc1ccc2c(c1)[nH]c(=O)n2CC=Cc1ccc(-c2ccccc2)c(NC(=O)O)c1. The molecule has 31 heavy (non-hydrogen) atoms. The number of nitrogens with one attached hydrogen (secondary N) is 2. The van der Waals surface area contributed by atoms with Gasteiger partial charge in [-0.3, -0.25) is 14.7 Å². The first kappa shape index (κ1) is 19.9. The van der Waals surface area contributed by atoms with Crippen molar-refractivity contribution in [3.8, 4) is 11.1 Å². The fraction of sp³-hybridized carbons (Fsp3) is 0.0417. The number of anilines is 1. The summed E-state index contributed by atoms with van der Waals surface area (Å²) in [6, 6.07) is 20.0. The average molecular weight is 413 g/mol. The monoisotopic (exact) mass is 413 g/mol. The Bertz CT molecular complexity index is 1350. The van der Waals surface area contributed by atoms with Crippen LogP contribution < -0.4 is 11.0 Å². The molecule has 0 aliphatic rings. The summed E-state index contributed by atoms with van der Waals surface area (Å²) in [5.41, 5.74) is 4.48. The molecule has 7 heteroatoms. The van der Waals surface area contributed by atoms with Gasteiger partial charge < -0.3 is 10.1 Å². The van der Waals surface area contributed by atoms with Gasteiger partial charge in [0.1, 0.15) is 6.29 Å². The van der Waals surface area contributed by atoms with Crippen LogP contribution in [0.25, 0.3) is 28.2 Å². The minimum absolute atomic E-state index is 0.268. The number of benzene rings is 3. The Morgan fingerprint density at radius 1 is 1.03 bits per heavy atom. The van der Waals surface area contributed by atoms with E-state index in [1.54, 1.807) is 28.8 Å². The third-order valence-electron chi connectivity index (χ3n) is 4.90. The number of rotatable bonds is 6. The van der Waals surface area contributed by atoms with Gasteiger partial charge in [0.25, 0.3) is 0 Å². The van der Waals surface area contributed by atoms with Crippen LogP contribution in [0.4, 0.5) is 10.5 Å². The molecule has 1 amide bonds. The highest BCUT2D eigenvalue weighted by molar-refractivity contribution is 5.91. The molecule has 4 aromatic rings. The first-order valence-electron chi connectivity index (χ1n) is 9.59. The molecule has 7 nitrogen and oxygen atoms in total. The third kappa shape index (κ3) is 4.30. The van der Waals surface area contributed by atoms with E-state index in [1.807, 2.05) is 54.6 Å². The largest absolute Gasteiger partial charge is 0.465 e. The Morgan fingerprint density at radius 3 is 2.55 bits per heavy atom. The Morgan fingerprint density at radius 2 is 1.81 bits per heavy atom. The maximum atomic E-state index is 12.3. The van der Waals surface area contributed by atoms with Crippen molar-refractivity contribution < 1.29 is 14.7 Å². The lowest BCUT2D eigenvalue weighted by molar-refractivity contribution is 0.112. The summed E-state index contributed by atoms with van der Waals surface area (Å²) in [5, 5.41) is 11.7. The first-order valence-corrected chi connectivity index (χ1v) is 9.59. The van der Waals surface area contributed by atoms with Crippen LogP contribution in [0.5, 0.6) is 0 Å². The minimum atomic E-state index is -1.14. The van der Waals surface area contributed by atoms with E-state index >= 15 is 0 Å². The molecule has 0 radical (unpaired) electrons. The molecule has 3 aromatic carbocycles. The van der Waals surface area contributed by atoms with Gasteiger partial charge in [-0.25, -0.2) is 9.59 Å². The molecule has 4 rings (SSSR count). The lowest BCUT2D eigenvalue weighted by atomic mass is 10.0. The average Bonchev–Trinajstić information content (AvgIpc) is 3.08. The third-order valence-corrected chi connectivity index (χ3v) is 4.90. The van der Waals surface area contributed by atoms with Gasteiger partial charge in [-0.2, -0.15) is 0 Å². The molecule has 0 saturated carbocycles. The van der Waals surface area contributed by atoms with Crippen molar-refractivity contribution in [2.45, 2.75) is 6.54 Å². The second-order valence-electron chi connectivity index (χ2n) is 6.94. The van der Waals surface area contributed by atoms with Crippen LogP contribution in [0.2, 0.25) is 0 Å². The van der Waals surface area contributed by atoms with Gasteiger partial charge in [0.15, 0.2) is 0 Å². The Balaban J connectivity index is 1.61. The van der Waals surface area contributed by atoms with Gasteiger partial charge in [0.05, 0.1) is 16.7 Å². The highest BCUT2D eigenvalue weighted by Gasteiger charge is 2.09. The molecular formula is C24H19N3O4. The van der Waals surface area contributed by atoms with E-state index in [-0.39, 0.29) is 5.69 Å². The maximum Gasteiger partial charge on any atom is 0.409 e. The van der Waals surface area contributed by atoms with E-state index in [0.29, 0.717) is 28.8 Å². The molecular weight excluding hydrogens is 394 g/mol. The van der Waals surface area contributed by atoms with E-state index in [4.69, 9.17) is 0 Å². The maximum absolute atomic E-state index is 12.3. The highest BCUT2D eigenvalue weighted by Crippen LogP contribution is 2.29. The first-order chi connectivity index (χ1) is 15.0. The zero-order valence-electron chi connectivity index (χ0n) is 16.4. The van der Waals surface area contributed by atoms with E-state index in [9.17, 15) is 19.5 Å². The Labute approximate surface area is 177 Å². The van der Waals surface area contributed by atoms with Crippen molar-refractivity contribution >= 4 is 35.2 Å². The van der Waals surface area contributed by atoms with Crippen LogP contribution in [-0.4, -0.2) is 27.0 Å². The summed E-state index contributed by atoms with van der Waals surface area (Å²) in [6.45, 7) is 0.321. The minimum Gasteiger partial charge on any atom is -0.465 e. The van der Waals surface area contributed by atoms with Crippen molar-refractivity contribution in [1.82, 2.24) is 9.55 Å². The molecule has 3 N–H and O–H groups in total. The molecule has 0 aliphatic carbocycles. The number of hydrogen-bond donors (Lipinski definition) is 3. The molecule has 0 bridgehead atoms. The van der Waals surface area contributed by atoms with Crippen LogP contribution in [0, 0.1) is 0 Å². The zero-order chi connectivity index (χ0) is 21.8. The molecule has 0 unspecified atom stereocenters. The standard InChI is InChI=1S/C24H19N3O4/c28-15-17-9-11-22-21(14-17)25-23(29)27(22)12-4-5-16-8-10-19(18-6-2-1-3-7-18)20(13-16)26-24(30)31/h1-11,13-15,26H,12H2,(H,25,29)(H,30,31). The fourth-order valence-corrected chi connectivity index (χ4v) is 3.48. The van der Waals surface area contributed by atoms with Crippen LogP contribution in [0.15, 0.2) is 77.6 Å².